The molecule has 2 aromatic carbocycles. The number of halogens is 1. The summed E-state index contributed by atoms with van der Waals surface area (Å²) in [6.45, 7) is 1.30. The number of anilines is 1. The molecule has 1 aromatic heterocycles. The average Bonchev–Trinajstić information content (AvgIpc) is 2.96. The summed E-state index contributed by atoms with van der Waals surface area (Å²) >= 11 is 0.709. The molecule has 0 atom stereocenters. The quantitative estimate of drug-likeness (QED) is 0.490. The SMILES string of the molecule is Cc1cc(=O)oc2cc(NC(=O)CN3C(=O)S/C(=C\c4ccc(F)cc4)C3=O)ccc12. The van der Waals surface area contributed by atoms with Gasteiger partial charge in [0.2, 0.25) is 5.91 Å². The molecule has 2 heterocycles. The van der Waals surface area contributed by atoms with Crippen LogP contribution in [0.1, 0.15) is 11.1 Å². The van der Waals surface area contributed by atoms with Crippen LogP contribution in [0.2, 0.25) is 0 Å². The van der Waals surface area contributed by atoms with Gasteiger partial charge in [-0.3, -0.25) is 19.3 Å². The van der Waals surface area contributed by atoms with E-state index >= 15 is 0 Å². The molecule has 9 heteroatoms. The van der Waals surface area contributed by atoms with Crippen LogP contribution < -0.4 is 10.9 Å². The molecule has 0 saturated carbocycles. The van der Waals surface area contributed by atoms with Crippen molar-refractivity contribution < 1.29 is 23.2 Å². The molecule has 0 aliphatic carbocycles. The zero-order valence-electron chi connectivity index (χ0n) is 16.2. The number of imide groups is 1. The number of aryl methyl sites for hydroxylation is 1. The molecule has 1 aliphatic rings. The third-order valence-corrected chi connectivity index (χ3v) is 5.49. The van der Waals surface area contributed by atoms with Gasteiger partial charge in [0.05, 0.1) is 4.91 Å². The van der Waals surface area contributed by atoms with Crippen LogP contribution in [0, 0.1) is 12.7 Å². The fourth-order valence-electron chi connectivity index (χ4n) is 3.09. The molecule has 0 radical (unpaired) electrons. The van der Waals surface area contributed by atoms with Gasteiger partial charge in [-0.1, -0.05) is 12.1 Å². The Hall–Kier alpha value is -3.72. The first kappa shape index (κ1) is 20.5. The fourth-order valence-corrected chi connectivity index (χ4v) is 3.93. The van der Waals surface area contributed by atoms with Crippen molar-refractivity contribution in [3.63, 3.8) is 0 Å². The second-order valence-corrected chi connectivity index (χ2v) is 7.82. The van der Waals surface area contributed by atoms with E-state index in [9.17, 15) is 23.6 Å². The first-order valence-electron chi connectivity index (χ1n) is 9.15. The predicted molar refractivity (Wildman–Crippen MR) is 115 cm³/mol. The molecule has 3 amide bonds. The molecular formula is C22H15FN2O5S. The summed E-state index contributed by atoms with van der Waals surface area (Å²) in [4.78, 5) is 49.7. The molecular weight excluding hydrogens is 423 g/mol. The second kappa shape index (κ2) is 8.19. The fraction of sp³-hybridized carbons (Fsp3) is 0.0909. The summed E-state index contributed by atoms with van der Waals surface area (Å²) < 4.78 is 18.2. The van der Waals surface area contributed by atoms with E-state index in [4.69, 9.17) is 4.42 Å². The van der Waals surface area contributed by atoms with Crippen LogP contribution in [0.3, 0.4) is 0 Å². The molecule has 1 fully saturated rings. The number of hydrogen-bond donors (Lipinski definition) is 1. The summed E-state index contributed by atoms with van der Waals surface area (Å²) in [5, 5.41) is 2.75. The minimum atomic E-state index is -0.602. The molecule has 7 nitrogen and oxygen atoms in total. The van der Waals surface area contributed by atoms with E-state index in [0.29, 0.717) is 28.6 Å². The van der Waals surface area contributed by atoms with E-state index in [-0.39, 0.29) is 4.91 Å². The molecule has 1 aliphatic heterocycles. The molecule has 156 valence electrons. The number of nitrogens with one attached hydrogen (secondary N) is 1. The van der Waals surface area contributed by atoms with Crippen LogP contribution in [0.4, 0.5) is 14.9 Å². The largest absolute Gasteiger partial charge is 0.423 e. The van der Waals surface area contributed by atoms with Crippen molar-refractivity contribution in [1.82, 2.24) is 4.90 Å². The van der Waals surface area contributed by atoms with Crippen LogP contribution in [0.25, 0.3) is 17.0 Å². The van der Waals surface area contributed by atoms with Crippen molar-refractivity contribution in [1.29, 1.82) is 0 Å². The number of fused-ring (bicyclic) bond motifs is 1. The van der Waals surface area contributed by atoms with Crippen LogP contribution in [-0.2, 0) is 9.59 Å². The van der Waals surface area contributed by atoms with Gasteiger partial charge in [0.15, 0.2) is 0 Å². The lowest BCUT2D eigenvalue weighted by atomic mass is 10.1. The van der Waals surface area contributed by atoms with Crippen molar-refractivity contribution >= 4 is 51.5 Å². The number of carbonyl (C=O) groups is 3. The van der Waals surface area contributed by atoms with Gasteiger partial charge in [0, 0.05) is 23.2 Å². The molecule has 0 spiro atoms. The van der Waals surface area contributed by atoms with Gasteiger partial charge in [0.1, 0.15) is 17.9 Å². The second-order valence-electron chi connectivity index (χ2n) is 6.83. The lowest BCUT2D eigenvalue weighted by Gasteiger charge is -2.12. The maximum atomic E-state index is 13.0. The number of benzene rings is 2. The third kappa shape index (κ3) is 4.41. The minimum absolute atomic E-state index is 0.146. The van der Waals surface area contributed by atoms with Crippen molar-refractivity contribution in [2.45, 2.75) is 6.92 Å². The van der Waals surface area contributed by atoms with Crippen LogP contribution in [-0.4, -0.2) is 28.5 Å². The highest BCUT2D eigenvalue weighted by Gasteiger charge is 2.36. The van der Waals surface area contributed by atoms with E-state index in [1.54, 1.807) is 19.1 Å². The number of hydrogen-bond acceptors (Lipinski definition) is 6. The van der Waals surface area contributed by atoms with Crippen molar-refractivity contribution in [3.05, 3.63) is 80.8 Å². The van der Waals surface area contributed by atoms with Crippen LogP contribution >= 0.6 is 11.8 Å². The smallest absolute Gasteiger partial charge is 0.336 e. The molecule has 3 aromatic rings. The zero-order chi connectivity index (χ0) is 22.1. The Morgan fingerprint density at radius 3 is 2.61 bits per heavy atom. The maximum Gasteiger partial charge on any atom is 0.336 e. The van der Waals surface area contributed by atoms with E-state index in [2.05, 4.69) is 5.32 Å². The van der Waals surface area contributed by atoms with Gasteiger partial charge in [-0.2, -0.15) is 0 Å². The van der Waals surface area contributed by atoms with E-state index < -0.39 is 35.0 Å². The number of nitrogens with zero attached hydrogens (tertiary/aromatic N) is 1. The summed E-state index contributed by atoms with van der Waals surface area (Å²) in [6.07, 6.45) is 1.47. The van der Waals surface area contributed by atoms with E-state index in [0.717, 1.165) is 15.8 Å². The molecule has 4 rings (SSSR count). The van der Waals surface area contributed by atoms with Gasteiger partial charge in [-0.05, 0) is 60.2 Å². The first-order valence-corrected chi connectivity index (χ1v) is 9.97. The van der Waals surface area contributed by atoms with Gasteiger partial charge in [-0.25, -0.2) is 9.18 Å². The maximum absolute atomic E-state index is 13.0. The monoisotopic (exact) mass is 438 g/mol. The highest BCUT2D eigenvalue weighted by atomic mass is 32.2. The highest BCUT2D eigenvalue weighted by molar-refractivity contribution is 8.18. The first-order chi connectivity index (χ1) is 14.8. The molecule has 1 saturated heterocycles. The topological polar surface area (TPSA) is 96.7 Å². The van der Waals surface area contributed by atoms with Gasteiger partial charge >= 0.3 is 5.63 Å². The lowest BCUT2D eigenvalue weighted by molar-refractivity contribution is -0.127. The standard InChI is InChI=1S/C22H15FN2O5S/c1-12-8-20(27)30-17-10-15(6-7-16(12)17)24-19(26)11-25-21(28)18(31-22(25)29)9-13-2-4-14(23)5-3-13/h2-10H,11H2,1H3,(H,24,26)/b18-9-. The Morgan fingerprint density at radius 1 is 1.13 bits per heavy atom. The third-order valence-electron chi connectivity index (χ3n) is 4.58. The normalized spacial score (nSPS) is 15.2. The number of thioether (sulfide) groups is 1. The van der Waals surface area contributed by atoms with Crippen molar-refractivity contribution in [2.24, 2.45) is 0 Å². The summed E-state index contributed by atoms with van der Waals surface area (Å²) in [6, 6.07) is 11.7. The van der Waals surface area contributed by atoms with E-state index in [1.807, 2.05) is 0 Å². The number of amides is 3. The Kier molecular flexibility index (Phi) is 5.43. The number of carbonyl (C=O) groups excluding carboxylic acids is 3. The van der Waals surface area contributed by atoms with Gasteiger partial charge in [0.25, 0.3) is 11.1 Å². The summed E-state index contributed by atoms with van der Waals surface area (Å²) in [7, 11) is 0. The van der Waals surface area contributed by atoms with Crippen LogP contribution in [0.5, 0.6) is 0 Å². The highest BCUT2D eigenvalue weighted by Crippen LogP contribution is 2.32. The van der Waals surface area contributed by atoms with Crippen molar-refractivity contribution in [3.8, 4) is 0 Å². The average molecular weight is 438 g/mol. The number of rotatable bonds is 4. The van der Waals surface area contributed by atoms with Gasteiger partial charge in [-0.15, -0.1) is 0 Å². The zero-order valence-corrected chi connectivity index (χ0v) is 17.0. The molecule has 0 bridgehead atoms. The Balaban J connectivity index is 1.47. The minimum Gasteiger partial charge on any atom is -0.423 e. The van der Waals surface area contributed by atoms with Gasteiger partial charge < -0.3 is 9.73 Å². The Morgan fingerprint density at radius 2 is 1.87 bits per heavy atom. The summed E-state index contributed by atoms with van der Waals surface area (Å²) in [5.74, 6) is -1.60. The van der Waals surface area contributed by atoms with Crippen molar-refractivity contribution in [2.75, 3.05) is 11.9 Å². The Labute approximate surface area is 179 Å². The lowest BCUT2D eigenvalue weighted by Crippen LogP contribution is -2.36. The predicted octanol–water partition coefficient (Wildman–Crippen LogP) is 3.92. The Bertz CT molecular complexity index is 1310. The molecule has 0 unspecified atom stereocenters. The molecule has 31 heavy (non-hydrogen) atoms. The van der Waals surface area contributed by atoms with Crippen LogP contribution in [0.15, 0.2) is 62.6 Å². The molecule has 1 N–H and O–H groups in total. The summed E-state index contributed by atoms with van der Waals surface area (Å²) in [5.41, 5.74) is 1.48. The van der Waals surface area contributed by atoms with E-state index in [1.165, 1.54) is 42.5 Å².